The van der Waals surface area contributed by atoms with Crippen molar-refractivity contribution in [3.8, 4) is 5.69 Å². The number of anilines is 3. The summed E-state index contributed by atoms with van der Waals surface area (Å²) in [5.41, 5.74) is 8.21. The van der Waals surface area contributed by atoms with Gasteiger partial charge in [-0.25, -0.2) is 0 Å². The highest BCUT2D eigenvalue weighted by Crippen LogP contribution is 2.44. The van der Waals surface area contributed by atoms with Gasteiger partial charge in [-0.05, 0) is 74.0 Å². The minimum Gasteiger partial charge on any atom is -0.310 e. The average molecular weight is 522 g/mol. The van der Waals surface area contributed by atoms with E-state index in [2.05, 4.69) is 139 Å². The standard InChI is InChI=1S/C35H27N3S/c1-3-12-31-24(2)28-17-10-11-18-32(28)38(31)27-19-20-34-29(21-27)30-22-36-23-33(35(30)39-34)37(25-13-6-4-7-14-25)26-15-8-5-9-16-26/h3-23H,1-2H3. The van der Waals surface area contributed by atoms with Gasteiger partial charge in [0.1, 0.15) is 0 Å². The smallest absolute Gasteiger partial charge is 0.0824 e. The maximum atomic E-state index is 4.76. The summed E-state index contributed by atoms with van der Waals surface area (Å²) in [4.78, 5) is 7.06. The highest BCUT2D eigenvalue weighted by molar-refractivity contribution is 7.26. The van der Waals surface area contributed by atoms with Gasteiger partial charge >= 0.3 is 0 Å². The molecular formula is C35H27N3S. The third-order valence-electron chi connectivity index (χ3n) is 7.37. The minimum atomic E-state index is 1.09. The van der Waals surface area contributed by atoms with Crippen LogP contribution in [0.4, 0.5) is 17.1 Å². The number of pyridine rings is 1. The van der Waals surface area contributed by atoms with Gasteiger partial charge in [0.15, 0.2) is 0 Å². The number of rotatable bonds is 5. The first-order valence-corrected chi connectivity index (χ1v) is 14.0. The Balaban J connectivity index is 1.47. The molecule has 4 heteroatoms. The number of allylic oxidation sites excluding steroid dienone is 1. The second kappa shape index (κ2) is 9.57. The van der Waals surface area contributed by atoms with Crippen LogP contribution in [-0.2, 0) is 0 Å². The molecule has 7 rings (SSSR count). The molecule has 0 amide bonds. The van der Waals surface area contributed by atoms with Crippen molar-refractivity contribution in [2.24, 2.45) is 0 Å². The summed E-state index contributed by atoms with van der Waals surface area (Å²) in [6, 6.07) is 36.6. The predicted octanol–water partition coefficient (Wildman–Crippen LogP) is 10.2. The largest absolute Gasteiger partial charge is 0.310 e. The third-order valence-corrected chi connectivity index (χ3v) is 8.58. The quantitative estimate of drug-likeness (QED) is 0.225. The lowest BCUT2D eigenvalue weighted by Gasteiger charge is -2.25. The van der Waals surface area contributed by atoms with E-state index in [-0.39, 0.29) is 0 Å². The van der Waals surface area contributed by atoms with E-state index in [0.717, 1.165) is 22.7 Å². The van der Waals surface area contributed by atoms with Crippen molar-refractivity contribution in [3.63, 3.8) is 0 Å². The van der Waals surface area contributed by atoms with Gasteiger partial charge in [0.05, 0.1) is 22.1 Å². The molecule has 0 radical (unpaired) electrons. The average Bonchev–Trinajstić information content (AvgIpc) is 3.50. The molecule has 0 unspecified atom stereocenters. The molecule has 0 atom stereocenters. The molecule has 3 heterocycles. The van der Waals surface area contributed by atoms with E-state index in [9.17, 15) is 0 Å². The molecule has 0 aliphatic carbocycles. The van der Waals surface area contributed by atoms with Crippen molar-refractivity contribution >= 4 is 65.6 Å². The van der Waals surface area contributed by atoms with E-state index in [1.807, 2.05) is 23.7 Å². The third kappa shape index (κ3) is 3.84. The zero-order chi connectivity index (χ0) is 26.3. The SMILES string of the molecule is CC=Cc1c(C)c2ccccc2n1-c1ccc2sc3c(N(c4ccccc4)c4ccccc4)cncc3c2c1. The van der Waals surface area contributed by atoms with Gasteiger partial charge in [0.2, 0.25) is 0 Å². The molecule has 0 N–H and O–H groups in total. The zero-order valence-corrected chi connectivity index (χ0v) is 22.7. The van der Waals surface area contributed by atoms with E-state index >= 15 is 0 Å². The van der Waals surface area contributed by atoms with E-state index in [1.165, 1.54) is 42.3 Å². The number of para-hydroxylation sites is 3. The van der Waals surface area contributed by atoms with Gasteiger partial charge < -0.3 is 9.47 Å². The number of nitrogens with zero attached hydrogens (tertiary/aromatic N) is 3. The van der Waals surface area contributed by atoms with Gasteiger partial charge in [-0.2, -0.15) is 0 Å². The number of hydrogen-bond acceptors (Lipinski definition) is 3. The second-order valence-corrected chi connectivity index (χ2v) is 10.7. The van der Waals surface area contributed by atoms with Crippen LogP contribution in [-0.4, -0.2) is 9.55 Å². The fourth-order valence-corrected chi connectivity index (χ4v) is 6.76. The summed E-state index contributed by atoms with van der Waals surface area (Å²) in [5, 5.41) is 3.68. The first kappa shape index (κ1) is 23.4. The molecule has 0 bridgehead atoms. The Morgan fingerprint density at radius 1 is 0.744 bits per heavy atom. The van der Waals surface area contributed by atoms with Gasteiger partial charge in [-0.3, -0.25) is 4.98 Å². The molecule has 4 aromatic carbocycles. The van der Waals surface area contributed by atoms with E-state index in [4.69, 9.17) is 4.98 Å². The van der Waals surface area contributed by atoms with Crippen molar-refractivity contribution < 1.29 is 0 Å². The Morgan fingerprint density at radius 3 is 2.15 bits per heavy atom. The molecule has 7 aromatic rings. The maximum Gasteiger partial charge on any atom is 0.0824 e. The monoisotopic (exact) mass is 521 g/mol. The Labute approximate surface area is 231 Å². The van der Waals surface area contributed by atoms with Crippen LogP contribution in [0.3, 0.4) is 0 Å². The summed E-state index contributed by atoms with van der Waals surface area (Å²) < 4.78 is 4.86. The Hall–Kier alpha value is -4.67. The van der Waals surface area contributed by atoms with Crippen LogP contribution < -0.4 is 4.90 Å². The van der Waals surface area contributed by atoms with Crippen molar-refractivity contribution in [2.45, 2.75) is 13.8 Å². The van der Waals surface area contributed by atoms with Crippen LogP contribution >= 0.6 is 11.3 Å². The Bertz CT molecular complexity index is 1940. The molecule has 39 heavy (non-hydrogen) atoms. The van der Waals surface area contributed by atoms with Crippen LogP contribution in [0.1, 0.15) is 18.2 Å². The lowest BCUT2D eigenvalue weighted by molar-refractivity contribution is 1.10. The summed E-state index contributed by atoms with van der Waals surface area (Å²) in [5.74, 6) is 0. The summed E-state index contributed by atoms with van der Waals surface area (Å²) in [6.07, 6.45) is 8.34. The number of thiophene rings is 1. The highest BCUT2D eigenvalue weighted by atomic mass is 32.1. The summed E-state index contributed by atoms with van der Waals surface area (Å²) in [6.45, 7) is 4.29. The Kier molecular flexibility index (Phi) is 5.75. The molecule has 3 nitrogen and oxygen atoms in total. The fourth-order valence-electron chi connectivity index (χ4n) is 5.60. The van der Waals surface area contributed by atoms with Crippen molar-refractivity contribution in [2.75, 3.05) is 4.90 Å². The van der Waals surface area contributed by atoms with Crippen molar-refractivity contribution in [3.05, 3.63) is 133 Å². The highest BCUT2D eigenvalue weighted by Gasteiger charge is 2.19. The first-order valence-electron chi connectivity index (χ1n) is 13.2. The molecule has 0 aliphatic rings. The Morgan fingerprint density at radius 2 is 1.44 bits per heavy atom. The van der Waals surface area contributed by atoms with Crippen LogP contribution in [0, 0.1) is 6.92 Å². The van der Waals surface area contributed by atoms with Gasteiger partial charge in [0, 0.05) is 49.8 Å². The number of hydrogen-bond donors (Lipinski definition) is 0. The number of benzene rings is 4. The van der Waals surface area contributed by atoms with Crippen LogP contribution in [0.25, 0.3) is 42.8 Å². The van der Waals surface area contributed by atoms with Crippen LogP contribution in [0.5, 0.6) is 0 Å². The number of aryl methyl sites for hydroxylation is 1. The van der Waals surface area contributed by atoms with Gasteiger partial charge in [-0.1, -0.05) is 60.7 Å². The van der Waals surface area contributed by atoms with E-state index in [0.29, 0.717) is 0 Å². The second-order valence-electron chi connectivity index (χ2n) is 9.69. The van der Waals surface area contributed by atoms with Gasteiger partial charge in [-0.15, -0.1) is 11.3 Å². The molecule has 0 aliphatic heterocycles. The van der Waals surface area contributed by atoms with E-state index in [1.54, 1.807) is 0 Å². The molecule has 0 saturated heterocycles. The summed E-state index contributed by atoms with van der Waals surface area (Å²) >= 11 is 1.83. The normalized spacial score (nSPS) is 11.7. The molecular weight excluding hydrogens is 494 g/mol. The topological polar surface area (TPSA) is 21.1 Å². The van der Waals surface area contributed by atoms with Crippen molar-refractivity contribution in [1.29, 1.82) is 0 Å². The number of fused-ring (bicyclic) bond motifs is 4. The number of aromatic nitrogens is 2. The molecule has 3 aromatic heterocycles. The minimum absolute atomic E-state index is 1.09. The lowest BCUT2D eigenvalue weighted by atomic mass is 10.1. The maximum absolute atomic E-state index is 4.76. The molecule has 0 saturated carbocycles. The molecule has 0 fully saturated rings. The lowest BCUT2D eigenvalue weighted by Crippen LogP contribution is -2.10. The predicted molar refractivity (Wildman–Crippen MR) is 168 cm³/mol. The molecule has 188 valence electrons. The first-order chi connectivity index (χ1) is 19.2. The molecule has 0 spiro atoms. The van der Waals surface area contributed by atoms with Gasteiger partial charge in [0.25, 0.3) is 0 Å². The fraction of sp³-hybridized carbons (Fsp3) is 0.0571. The van der Waals surface area contributed by atoms with Crippen LogP contribution in [0.2, 0.25) is 0 Å². The van der Waals surface area contributed by atoms with Crippen LogP contribution in [0.15, 0.2) is 122 Å². The van der Waals surface area contributed by atoms with Crippen molar-refractivity contribution in [1.82, 2.24) is 9.55 Å². The summed E-state index contributed by atoms with van der Waals surface area (Å²) in [7, 11) is 0. The van der Waals surface area contributed by atoms with E-state index < -0.39 is 0 Å². The zero-order valence-electron chi connectivity index (χ0n) is 21.9.